The van der Waals surface area contributed by atoms with Crippen LogP contribution in [0, 0.1) is 6.92 Å². The van der Waals surface area contributed by atoms with E-state index in [0.717, 1.165) is 23.0 Å². The van der Waals surface area contributed by atoms with Gasteiger partial charge in [0.05, 0.1) is 18.2 Å². The zero-order valence-electron chi connectivity index (χ0n) is 19.1. The van der Waals surface area contributed by atoms with E-state index in [2.05, 4.69) is 17.6 Å². The van der Waals surface area contributed by atoms with Gasteiger partial charge in [0.2, 0.25) is 5.78 Å². The molecular formula is C28H23NO5. The molecule has 5 rings (SSSR count). The number of Topliss-reactive ketones (excluding diaryl/α,β-unsaturated/α-hetero) is 1. The van der Waals surface area contributed by atoms with Crippen LogP contribution in [0.5, 0.6) is 17.2 Å². The molecule has 0 bridgehead atoms. The molecule has 34 heavy (non-hydrogen) atoms. The Hall–Kier alpha value is -4.32. The van der Waals surface area contributed by atoms with Crippen molar-refractivity contribution in [3.63, 3.8) is 0 Å². The lowest BCUT2D eigenvalue weighted by Crippen LogP contribution is -2.09. The Labute approximate surface area is 197 Å². The normalized spacial score (nSPS) is 13.7. The molecular weight excluding hydrogens is 430 g/mol. The average Bonchev–Trinajstić information content (AvgIpc) is 3.36. The van der Waals surface area contributed by atoms with Crippen LogP contribution in [0.2, 0.25) is 0 Å². The number of benzene rings is 3. The maximum Gasteiger partial charge on any atom is 0.343 e. The Balaban J connectivity index is 1.45. The molecule has 1 aromatic heterocycles. The molecule has 0 saturated carbocycles. The third-order valence-corrected chi connectivity index (χ3v) is 5.91. The fraction of sp³-hybridized carbons (Fsp3) is 0.143. The lowest BCUT2D eigenvalue weighted by atomic mass is 10.0. The first-order valence-electron chi connectivity index (χ1n) is 11.0. The number of hydrogen-bond donors (Lipinski definition) is 0. The summed E-state index contributed by atoms with van der Waals surface area (Å²) in [5.41, 5.74) is 3.53. The van der Waals surface area contributed by atoms with Gasteiger partial charge in [-0.1, -0.05) is 24.3 Å². The van der Waals surface area contributed by atoms with Crippen molar-refractivity contribution in [1.29, 1.82) is 0 Å². The third kappa shape index (κ3) is 3.73. The van der Waals surface area contributed by atoms with Crippen LogP contribution in [0.3, 0.4) is 0 Å². The van der Waals surface area contributed by atoms with Gasteiger partial charge in [-0.05, 0) is 55.8 Å². The summed E-state index contributed by atoms with van der Waals surface area (Å²) in [6.45, 7) is 4.70. The molecule has 0 amide bonds. The van der Waals surface area contributed by atoms with Crippen molar-refractivity contribution in [1.82, 2.24) is 4.57 Å². The number of aryl methyl sites for hydroxylation is 2. The van der Waals surface area contributed by atoms with Crippen LogP contribution in [0.25, 0.3) is 17.0 Å². The van der Waals surface area contributed by atoms with Crippen molar-refractivity contribution in [3.05, 3.63) is 94.9 Å². The predicted octanol–water partition coefficient (Wildman–Crippen LogP) is 5.81. The van der Waals surface area contributed by atoms with Crippen molar-refractivity contribution in [2.45, 2.75) is 20.4 Å². The number of fused-ring (bicyclic) bond motifs is 2. The highest BCUT2D eigenvalue weighted by Gasteiger charge is 2.30. The molecule has 3 aromatic carbocycles. The third-order valence-electron chi connectivity index (χ3n) is 5.91. The van der Waals surface area contributed by atoms with Crippen LogP contribution < -0.4 is 14.2 Å². The van der Waals surface area contributed by atoms with E-state index in [4.69, 9.17) is 14.2 Å². The lowest BCUT2D eigenvalue weighted by molar-refractivity contribution is 0.0734. The zero-order chi connectivity index (χ0) is 23.8. The van der Waals surface area contributed by atoms with Gasteiger partial charge in [-0.15, -0.1) is 0 Å². The van der Waals surface area contributed by atoms with Crippen LogP contribution >= 0.6 is 0 Å². The number of esters is 1. The number of nitrogens with zero attached hydrogens (tertiary/aromatic N) is 1. The van der Waals surface area contributed by atoms with Gasteiger partial charge in [-0.3, -0.25) is 4.79 Å². The molecule has 0 fully saturated rings. The molecule has 6 heteroatoms. The van der Waals surface area contributed by atoms with E-state index in [-0.39, 0.29) is 11.5 Å². The molecule has 2 heterocycles. The number of ether oxygens (including phenoxy) is 3. The van der Waals surface area contributed by atoms with E-state index in [1.54, 1.807) is 49.4 Å². The fourth-order valence-electron chi connectivity index (χ4n) is 4.25. The van der Waals surface area contributed by atoms with E-state index in [1.165, 1.54) is 7.11 Å². The topological polar surface area (TPSA) is 66.8 Å². The second-order valence-electron chi connectivity index (χ2n) is 8.06. The van der Waals surface area contributed by atoms with Gasteiger partial charge in [0.1, 0.15) is 17.2 Å². The summed E-state index contributed by atoms with van der Waals surface area (Å²) in [5.74, 6) is 0.781. The van der Waals surface area contributed by atoms with Gasteiger partial charge in [0.15, 0.2) is 5.76 Å². The quantitative estimate of drug-likeness (QED) is 0.217. The van der Waals surface area contributed by atoms with Crippen molar-refractivity contribution >= 4 is 28.7 Å². The zero-order valence-corrected chi connectivity index (χ0v) is 19.1. The number of methoxy groups -OCH3 is 1. The highest BCUT2D eigenvalue weighted by molar-refractivity contribution is 6.16. The molecule has 170 valence electrons. The van der Waals surface area contributed by atoms with E-state index >= 15 is 0 Å². The maximum atomic E-state index is 13.1. The molecule has 0 aliphatic carbocycles. The molecule has 0 N–H and O–H groups in total. The first kappa shape index (κ1) is 21.5. The van der Waals surface area contributed by atoms with Gasteiger partial charge in [-0.25, -0.2) is 4.79 Å². The summed E-state index contributed by atoms with van der Waals surface area (Å²) in [6, 6.07) is 18.0. The minimum atomic E-state index is -0.522. The number of para-hydroxylation sites is 1. The van der Waals surface area contributed by atoms with Crippen LogP contribution in [0.15, 0.2) is 72.6 Å². The van der Waals surface area contributed by atoms with Crippen LogP contribution in [0.4, 0.5) is 0 Å². The molecule has 0 saturated heterocycles. The molecule has 0 radical (unpaired) electrons. The lowest BCUT2D eigenvalue weighted by Gasteiger charge is -2.08. The predicted molar refractivity (Wildman–Crippen MR) is 130 cm³/mol. The molecule has 0 atom stereocenters. The Bertz CT molecular complexity index is 1480. The molecule has 0 unspecified atom stereocenters. The molecule has 4 aromatic rings. The maximum absolute atomic E-state index is 13.1. The van der Waals surface area contributed by atoms with Gasteiger partial charge < -0.3 is 18.8 Å². The summed E-state index contributed by atoms with van der Waals surface area (Å²) >= 11 is 0. The SMILES string of the molecule is CCn1cc(/C=C2\Oc3cc(OC(=O)c4cccc(OC)c4)cc(C)c3C2=O)c2ccccc21. The number of ketones is 1. The van der Waals surface area contributed by atoms with E-state index in [9.17, 15) is 9.59 Å². The molecule has 1 aliphatic rings. The van der Waals surface area contributed by atoms with E-state index in [1.807, 2.05) is 24.4 Å². The minimum Gasteiger partial charge on any atom is -0.497 e. The van der Waals surface area contributed by atoms with Gasteiger partial charge in [-0.2, -0.15) is 0 Å². The molecule has 1 aliphatic heterocycles. The van der Waals surface area contributed by atoms with Gasteiger partial charge in [0.25, 0.3) is 0 Å². The largest absolute Gasteiger partial charge is 0.497 e. The summed E-state index contributed by atoms with van der Waals surface area (Å²) in [7, 11) is 1.54. The Morgan fingerprint density at radius 3 is 2.68 bits per heavy atom. The number of carbonyl (C=O) groups is 2. The summed E-state index contributed by atoms with van der Waals surface area (Å²) < 4.78 is 18.8. The monoisotopic (exact) mass is 453 g/mol. The van der Waals surface area contributed by atoms with Gasteiger partial charge >= 0.3 is 5.97 Å². The first-order valence-corrected chi connectivity index (χ1v) is 11.0. The number of hydrogen-bond acceptors (Lipinski definition) is 5. The second-order valence-corrected chi connectivity index (χ2v) is 8.06. The summed E-state index contributed by atoms with van der Waals surface area (Å²) in [5, 5.41) is 1.05. The summed E-state index contributed by atoms with van der Waals surface area (Å²) in [4.78, 5) is 25.8. The number of rotatable bonds is 5. The van der Waals surface area contributed by atoms with Crippen LogP contribution in [0.1, 0.15) is 38.8 Å². The second kappa shape index (κ2) is 8.56. The van der Waals surface area contributed by atoms with Crippen molar-refractivity contribution < 1.29 is 23.8 Å². The first-order chi connectivity index (χ1) is 16.5. The highest BCUT2D eigenvalue weighted by atomic mass is 16.5. The number of aromatic nitrogens is 1. The molecule has 0 spiro atoms. The Morgan fingerprint density at radius 2 is 1.88 bits per heavy atom. The van der Waals surface area contributed by atoms with Crippen molar-refractivity contribution in [3.8, 4) is 17.2 Å². The smallest absolute Gasteiger partial charge is 0.343 e. The fourth-order valence-corrected chi connectivity index (χ4v) is 4.25. The van der Waals surface area contributed by atoms with Crippen molar-refractivity contribution in [2.75, 3.05) is 7.11 Å². The van der Waals surface area contributed by atoms with Crippen molar-refractivity contribution in [2.24, 2.45) is 0 Å². The Morgan fingerprint density at radius 1 is 1.06 bits per heavy atom. The number of allylic oxidation sites excluding steroid dienone is 1. The van der Waals surface area contributed by atoms with E-state index < -0.39 is 5.97 Å². The van der Waals surface area contributed by atoms with Crippen LogP contribution in [-0.4, -0.2) is 23.4 Å². The molecule has 6 nitrogen and oxygen atoms in total. The standard InChI is InChI=1S/C28H23NO5/c1-4-29-16-19(22-10-5-6-11-23(22)29)14-25-27(30)26-17(2)12-21(15-24(26)34-25)33-28(31)18-8-7-9-20(13-18)32-3/h5-16H,4H2,1-3H3/b25-14-. The summed E-state index contributed by atoms with van der Waals surface area (Å²) in [6.07, 6.45) is 3.80. The van der Waals surface area contributed by atoms with Crippen LogP contribution in [-0.2, 0) is 6.54 Å². The average molecular weight is 453 g/mol. The number of carbonyl (C=O) groups excluding carboxylic acids is 2. The highest BCUT2D eigenvalue weighted by Crippen LogP contribution is 2.38. The van der Waals surface area contributed by atoms with Gasteiger partial charge in [0, 0.05) is 35.3 Å². The van der Waals surface area contributed by atoms with E-state index in [0.29, 0.717) is 33.9 Å². The minimum absolute atomic E-state index is 0.188. The Kier molecular flexibility index (Phi) is 5.42.